The van der Waals surface area contributed by atoms with Gasteiger partial charge in [-0.05, 0) is 25.7 Å². The van der Waals surface area contributed by atoms with Crippen molar-refractivity contribution in [1.82, 2.24) is 34.0 Å². The van der Waals surface area contributed by atoms with Gasteiger partial charge in [-0.15, -0.1) is 10.2 Å². The highest BCUT2D eigenvalue weighted by Gasteiger charge is 2.39. The maximum absolute atomic E-state index is 13.1. The van der Waals surface area contributed by atoms with Crippen LogP contribution in [0.2, 0.25) is 0 Å². The second-order valence-electron chi connectivity index (χ2n) is 8.43. The first-order chi connectivity index (χ1) is 15.3. The monoisotopic (exact) mass is 448 g/mol. The van der Waals surface area contributed by atoms with E-state index in [9.17, 15) is 18.0 Å². The van der Waals surface area contributed by atoms with Crippen LogP contribution >= 0.6 is 0 Å². The van der Waals surface area contributed by atoms with Crippen LogP contribution in [0.25, 0.3) is 5.65 Å². The van der Waals surface area contributed by atoms with E-state index in [-0.39, 0.29) is 17.6 Å². The predicted octanol–water partition coefficient (Wildman–Crippen LogP) is 1.87. The third-order valence-corrected chi connectivity index (χ3v) is 6.18. The van der Waals surface area contributed by atoms with Crippen LogP contribution in [-0.2, 0) is 19.8 Å². The van der Waals surface area contributed by atoms with E-state index >= 15 is 0 Å². The third kappa shape index (κ3) is 3.94. The number of rotatable bonds is 5. The van der Waals surface area contributed by atoms with Crippen LogP contribution in [0.5, 0.6) is 0 Å². The summed E-state index contributed by atoms with van der Waals surface area (Å²) in [6.07, 6.45) is 3.51. The molecule has 170 valence electrons. The lowest BCUT2D eigenvalue weighted by molar-refractivity contribution is -0.141. The Bertz CT molecular complexity index is 1180. The number of aryl methyl sites for hydroxylation is 1. The average Bonchev–Trinajstić information content (AvgIpc) is 3.52. The topological polar surface area (TPSA) is 84.4 Å². The Hall–Kier alpha value is -3.02. The SMILES string of the molecule is Cn1ccn2c(CN3CCC(N(c4cc(C(F)(F)F)ncn4)C4CC4)CC3)nnc2c1=O. The van der Waals surface area contributed by atoms with Crippen LogP contribution in [0, 0.1) is 0 Å². The number of hydrogen-bond donors (Lipinski definition) is 0. The van der Waals surface area contributed by atoms with Gasteiger partial charge in [0.15, 0.2) is 5.82 Å². The highest BCUT2D eigenvalue weighted by Crippen LogP contribution is 2.37. The Morgan fingerprint density at radius 1 is 1.06 bits per heavy atom. The Morgan fingerprint density at radius 3 is 2.47 bits per heavy atom. The molecule has 0 spiro atoms. The molecular formula is C20H23F3N8O. The molecule has 0 aromatic carbocycles. The summed E-state index contributed by atoms with van der Waals surface area (Å²) in [4.78, 5) is 24.0. The summed E-state index contributed by atoms with van der Waals surface area (Å²) in [6.45, 7) is 2.09. The molecule has 0 amide bonds. The predicted molar refractivity (Wildman–Crippen MR) is 109 cm³/mol. The molecule has 9 nitrogen and oxygen atoms in total. The summed E-state index contributed by atoms with van der Waals surface area (Å²) in [5.74, 6) is 1.05. The highest BCUT2D eigenvalue weighted by molar-refractivity contribution is 5.44. The number of halogens is 3. The molecule has 4 heterocycles. The maximum atomic E-state index is 13.1. The second kappa shape index (κ2) is 7.84. The number of nitrogens with zero attached hydrogens (tertiary/aromatic N) is 8. The lowest BCUT2D eigenvalue weighted by atomic mass is 10.0. The maximum Gasteiger partial charge on any atom is 0.433 e. The molecule has 12 heteroatoms. The van der Waals surface area contributed by atoms with Crippen LogP contribution in [0.4, 0.5) is 19.0 Å². The van der Waals surface area contributed by atoms with E-state index in [0.717, 1.165) is 51.2 Å². The van der Waals surface area contributed by atoms with Crippen LogP contribution in [0.1, 0.15) is 37.2 Å². The molecule has 1 aliphatic carbocycles. The van der Waals surface area contributed by atoms with Gasteiger partial charge in [-0.25, -0.2) is 9.97 Å². The lowest BCUT2D eigenvalue weighted by Gasteiger charge is -2.39. The van der Waals surface area contributed by atoms with Crippen molar-refractivity contribution < 1.29 is 13.2 Å². The minimum absolute atomic E-state index is 0.122. The van der Waals surface area contributed by atoms with Gasteiger partial charge in [0.1, 0.15) is 17.8 Å². The van der Waals surface area contributed by atoms with Crippen molar-refractivity contribution in [3.63, 3.8) is 0 Å². The molecule has 32 heavy (non-hydrogen) atoms. The fraction of sp³-hybridized carbons (Fsp3) is 0.550. The molecule has 2 fully saturated rings. The zero-order valence-corrected chi connectivity index (χ0v) is 17.5. The van der Waals surface area contributed by atoms with Gasteiger partial charge in [-0.3, -0.25) is 14.1 Å². The Kier molecular flexibility index (Phi) is 5.11. The number of alkyl halides is 3. The molecule has 3 aromatic rings. The molecule has 0 bridgehead atoms. The zero-order valence-electron chi connectivity index (χ0n) is 17.5. The molecule has 1 saturated carbocycles. The minimum Gasteiger partial charge on any atom is -0.350 e. The van der Waals surface area contributed by atoms with Gasteiger partial charge >= 0.3 is 6.18 Å². The summed E-state index contributed by atoms with van der Waals surface area (Å²) in [6, 6.07) is 1.42. The smallest absolute Gasteiger partial charge is 0.350 e. The quantitative estimate of drug-likeness (QED) is 0.589. The van der Waals surface area contributed by atoms with E-state index in [1.165, 1.54) is 4.57 Å². The first-order valence-electron chi connectivity index (χ1n) is 10.6. The number of likely N-dealkylation sites (tertiary alicyclic amines) is 1. The minimum atomic E-state index is -4.49. The van der Waals surface area contributed by atoms with Crippen molar-refractivity contribution in [2.75, 3.05) is 18.0 Å². The normalized spacial score (nSPS) is 18.4. The summed E-state index contributed by atoms with van der Waals surface area (Å²) in [5.41, 5.74) is -0.812. The van der Waals surface area contributed by atoms with E-state index in [1.54, 1.807) is 23.8 Å². The number of anilines is 1. The van der Waals surface area contributed by atoms with E-state index in [4.69, 9.17) is 0 Å². The Morgan fingerprint density at radius 2 is 1.78 bits per heavy atom. The van der Waals surface area contributed by atoms with Crippen molar-refractivity contribution >= 4 is 11.5 Å². The van der Waals surface area contributed by atoms with E-state index < -0.39 is 11.9 Å². The van der Waals surface area contributed by atoms with Gasteiger partial charge < -0.3 is 9.47 Å². The summed E-state index contributed by atoms with van der Waals surface area (Å²) in [5, 5.41) is 8.21. The van der Waals surface area contributed by atoms with Gasteiger partial charge in [-0.1, -0.05) is 0 Å². The molecule has 3 aromatic heterocycles. The van der Waals surface area contributed by atoms with Gasteiger partial charge in [0.2, 0.25) is 5.65 Å². The van der Waals surface area contributed by atoms with Crippen molar-refractivity contribution in [2.45, 2.75) is 50.5 Å². The molecule has 1 saturated heterocycles. The van der Waals surface area contributed by atoms with Crippen LogP contribution in [-0.4, -0.2) is 59.2 Å². The third-order valence-electron chi connectivity index (χ3n) is 6.18. The van der Waals surface area contributed by atoms with Gasteiger partial charge in [0.25, 0.3) is 5.56 Å². The van der Waals surface area contributed by atoms with Crippen LogP contribution < -0.4 is 10.5 Å². The fourth-order valence-corrected chi connectivity index (χ4v) is 4.35. The van der Waals surface area contributed by atoms with Gasteiger partial charge in [0.05, 0.1) is 6.54 Å². The first kappa shape index (κ1) is 20.9. The molecule has 0 radical (unpaired) electrons. The van der Waals surface area contributed by atoms with Gasteiger partial charge in [0, 0.05) is 50.7 Å². The summed E-state index contributed by atoms with van der Waals surface area (Å²) in [7, 11) is 1.67. The lowest BCUT2D eigenvalue weighted by Crippen LogP contribution is -2.46. The van der Waals surface area contributed by atoms with E-state index in [0.29, 0.717) is 23.8 Å². The first-order valence-corrected chi connectivity index (χ1v) is 10.6. The average molecular weight is 448 g/mol. The van der Waals surface area contributed by atoms with Gasteiger partial charge in [-0.2, -0.15) is 13.2 Å². The number of aromatic nitrogens is 6. The summed E-state index contributed by atoms with van der Waals surface area (Å²) >= 11 is 0. The van der Waals surface area contributed by atoms with Crippen LogP contribution in [0.3, 0.4) is 0 Å². The van der Waals surface area contributed by atoms with Crippen molar-refractivity contribution in [3.8, 4) is 0 Å². The van der Waals surface area contributed by atoms with Crippen molar-refractivity contribution in [3.05, 3.63) is 46.7 Å². The molecule has 0 unspecified atom stereocenters. The molecule has 1 aliphatic heterocycles. The molecular weight excluding hydrogens is 425 g/mol. The van der Waals surface area contributed by atoms with Crippen LogP contribution in [0.15, 0.2) is 29.6 Å². The molecule has 2 aliphatic rings. The standard InChI is InChI=1S/C20H23F3N8O/c1-28-8-9-30-17(26-27-18(30)19(28)32)11-29-6-4-14(5-7-29)31(13-2-3-13)16-10-15(20(21,22)23)24-12-25-16/h8-10,12-14H,2-7,11H2,1H3. The van der Waals surface area contributed by atoms with Crippen molar-refractivity contribution in [2.24, 2.45) is 7.05 Å². The Labute approximate surface area is 181 Å². The molecule has 5 rings (SSSR count). The van der Waals surface area contributed by atoms with E-state index in [2.05, 4.69) is 30.0 Å². The van der Waals surface area contributed by atoms with Crippen molar-refractivity contribution in [1.29, 1.82) is 0 Å². The summed E-state index contributed by atoms with van der Waals surface area (Å²) < 4.78 is 42.6. The Balaban J connectivity index is 1.29. The number of piperidine rings is 1. The number of hydrogen-bond acceptors (Lipinski definition) is 7. The zero-order chi connectivity index (χ0) is 22.5. The molecule has 0 atom stereocenters. The van der Waals surface area contributed by atoms with E-state index in [1.807, 2.05) is 0 Å². The highest BCUT2D eigenvalue weighted by atomic mass is 19.4. The largest absolute Gasteiger partial charge is 0.433 e. The number of fused-ring (bicyclic) bond motifs is 1. The fourth-order valence-electron chi connectivity index (χ4n) is 4.35. The molecule has 0 N–H and O–H groups in total. The second-order valence-corrected chi connectivity index (χ2v) is 8.43.